The van der Waals surface area contributed by atoms with E-state index < -0.39 is 11.2 Å². The van der Waals surface area contributed by atoms with E-state index >= 15 is 0 Å². The van der Waals surface area contributed by atoms with Crippen molar-refractivity contribution >= 4 is 6.09 Å². The van der Waals surface area contributed by atoms with Crippen molar-refractivity contribution < 1.29 is 14.6 Å². The van der Waals surface area contributed by atoms with Crippen LogP contribution in [-0.2, 0) is 10.3 Å². The molecular formula is C20H29NO3. The van der Waals surface area contributed by atoms with Gasteiger partial charge in [0.05, 0.1) is 5.60 Å². The third-order valence-corrected chi connectivity index (χ3v) is 5.27. The van der Waals surface area contributed by atoms with Gasteiger partial charge in [-0.3, -0.25) is 0 Å². The molecule has 2 aliphatic rings. The Balaban J connectivity index is 1.84. The molecule has 24 heavy (non-hydrogen) atoms. The maximum atomic E-state index is 12.6. The van der Waals surface area contributed by atoms with Gasteiger partial charge in [-0.25, -0.2) is 4.79 Å². The van der Waals surface area contributed by atoms with Crippen LogP contribution in [0.15, 0.2) is 18.2 Å². The summed E-state index contributed by atoms with van der Waals surface area (Å²) in [7, 11) is 0. The summed E-state index contributed by atoms with van der Waals surface area (Å²) in [5, 5.41) is 11.4. The van der Waals surface area contributed by atoms with Gasteiger partial charge in [0.2, 0.25) is 0 Å². The van der Waals surface area contributed by atoms with E-state index in [0.29, 0.717) is 12.8 Å². The molecule has 0 spiro atoms. The van der Waals surface area contributed by atoms with Crippen LogP contribution in [0.3, 0.4) is 0 Å². The Kier molecular flexibility index (Phi) is 4.15. The first-order valence-electron chi connectivity index (χ1n) is 8.90. The maximum Gasteiger partial charge on any atom is 0.410 e. The number of piperidine rings is 1. The summed E-state index contributed by atoms with van der Waals surface area (Å²) in [5.41, 5.74) is 1.96. The number of hydrogen-bond acceptors (Lipinski definition) is 3. The number of rotatable bonds is 1. The van der Waals surface area contributed by atoms with Crippen LogP contribution < -0.4 is 0 Å². The van der Waals surface area contributed by atoms with Crippen LogP contribution in [0.25, 0.3) is 0 Å². The molecule has 0 saturated carbocycles. The van der Waals surface area contributed by atoms with Gasteiger partial charge in [0.25, 0.3) is 0 Å². The minimum absolute atomic E-state index is 0.0588. The monoisotopic (exact) mass is 331 g/mol. The Morgan fingerprint density at radius 1 is 1.21 bits per heavy atom. The van der Waals surface area contributed by atoms with E-state index in [1.165, 1.54) is 0 Å². The van der Waals surface area contributed by atoms with E-state index in [1.807, 2.05) is 25.7 Å². The van der Waals surface area contributed by atoms with Crippen LogP contribution in [0.4, 0.5) is 4.79 Å². The summed E-state index contributed by atoms with van der Waals surface area (Å²) < 4.78 is 5.58. The van der Waals surface area contributed by atoms with Crippen LogP contribution in [-0.4, -0.2) is 33.8 Å². The second-order valence-electron chi connectivity index (χ2n) is 8.53. The molecule has 1 amide bonds. The Bertz CT molecular complexity index is 633. The number of fused-ring (bicyclic) bond motifs is 2. The summed E-state index contributed by atoms with van der Waals surface area (Å²) in [6, 6.07) is 6.36. The van der Waals surface area contributed by atoms with Gasteiger partial charge < -0.3 is 14.7 Å². The summed E-state index contributed by atoms with van der Waals surface area (Å²) >= 11 is 0. The molecule has 132 valence electrons. The lowest BCUT2D eigenvalue weighted by molar-refractivity contribution is -0.0627. The molecule has 2 bridgehead atoms. The smallest absolute Gasteiger partial charge is 0.410 e. The van der Waals surface area contributed by atoms with Gasteiger partial charge in [-0.1, -0.05) is 23.8 Å². The topological polar surface area (TPSA) is 49.8 Å². The highest BCUT2D eigenvalue weighted by Gasteiger charge is 2.51. The highest BCUT2D eigenvalue weighted by atomic mass is 16.6. The van der Waals surface area contributed by atoms with Crippen LogP contribution in [0.5, 0.6) is 0 Å². The molecule has 1 aromatic carbocycles. The number of amides is 1. The summed E-state index contributed by atoms with van der Waals surface area (Å²) in [6.07, 6.45) is 2.83. The standard InChI is InChI=1S/C20H29NO3/c1-13-6-7-14(2)17(10-13)20(23)11-15-8-9-16(12-20)21(15)18(22)24-19(3,4)5/h6-7,10,15-16,23H,8-9,11-12H2,1-5H3. The molecule has 4 heteroatoms. The van der Waals surface area contributed by atoms with Gasteiger partial charge in [0.1, 0.15) is 5.60 Å². The van der Waals surface area contributed by atoms with Gasteiger partial charge in [0, 0.05) is 24.9 Å². The third kappa shape index (κ3) is 3.16. The second-order valence-corrected chi connectivity index (χ2v) is 8.53. The zero-order valence-electron chi connectivity index (χ0n) is 15.4. The SMILES string of the molecule is Cc1ccc(C)c(C2(O)CC3CCC(C2)N3C(=O)OC(C)(C)C)c1. The molecule has 2 atom stereocenters. The van der Waals surface area contributed by atoms with Crippen molar-refractivity contribution in [2.45, 2.75) is 83.6 Å². The van der Waals surface area contributed by atoms with Crippen LogP contribution in [0.1, 0.15) is 63.1 Å². The first kappa shape index (κ1) is 17.3. The van der Waals surface area contributed by atoms with Gasteiger partial charge in [-0.05, 0) is 58.6 Å². The molecular weight excluding hydrogens is 302 g/mol. The van der Waals surface area contributed by atoms with Gasteiger partial charge in [-0.2, -0.15) is 0 Å². The number of nitrogens with zero attached hydrogens (tertiary/aromatic N) is 1. The predicted octanol–water partition coefficient (Wildman–Crippen LogP) is 4.05. The van der Waals surface area contributed by atoms with Gasteiger partial charge in [0.15, 0.2) is 0 Å². The number of ether oxygens (including phenoxy) is 1. The van der Waals surface area contributed by atoms with E-state index in [2.05, 4.69) is 32.0 Å². The van der Waals surface area contributed by atoms with Crippen molar-refractivity contribution in [3.05, 3.63) is 34.9 Å². The predicted molar refractivity (Wildman–Crippen MR) is 93.9 cm³/mol. The Labute approximate surface area is 144 Å². The zero-order chi connectivity index (χ0) is 17.7. The minimum atomic E-state index is -0.847. The molecule has 2 saturated heterocycles. The van der Waals surface area contributed by atoms with Crippen LogP contribution in [0, 0.1) is 13.8 Å². The van der Waals surface area contributed by atoms with E-state index in [0.717, 1.165) is 29.5 Å². The lowest BCUT2D eigenvalue weighted by Crippen LogP contribution is -2.53. The largest absolute Gasteiger partial charge is 0.444 e. The van der Waals surface area contributed by atoms with Crippen molar-refractivity contribution in [2.24, 2.45) is 0 Å². The fourth-order valence-electron chi connectivity index (χ4n) is 4.29. The number of hydrogen-bond donors (Lipinski definition) is 1. The lowest BCUT2D eigenvalue weighted by Gasteiger charge is -2.44. The first-order chi connectivity index (χ1) is 11.1. The average Bonchev–Trinajstić information content (AvgIpc) is 2.73. The molecule has 2 fully saturated rings. The summed E-state index contributed by atoms with van der Waals surface area (Å²) in [4.78, 5) is 14.4. The van der Waals surface area contributed by atoms with Crippen LogP contribution >= 0.6 is 0 Å². The molecule has 4 nitrogen and oxygen atoms in total. The number of aryl methyl sites for hydroxylation is 2. The highest BCUT2D eigenvalue weighted by Crippen LogP contribution is 2.47. The maximum absolute atomic E-state index is 12.6. The molecule has 2 heterocycles. The molecule has 0 aromatic heterocycles. The number of carbonyl (C=O) groups is 1. The number of benzene rings is 1. The summed E-state index contributed by atoms with van der Waals surface area (Å²) in [6.45, 7) is 9.78. The molecule has 0 aliphatic carbocycles. The van der Waals surface area contributed by atoms with E-state index in [1.54, 1.807) is 0 Å². The van der Waals surface area contributed by atoms with Crippen molar-refractivity contribution in [3.8, 4) is 0 Å². The normalized spacial score (nSPS) is 29.7. The third-order valence-electron chi connectivity index (χ3n) is 5.27. The second kappa shape index (κ2) is 5.76. The van der Waals surface area contributed by atoms with E-state index in [-0.39, 0.29) is 18.2 Å². The highest BCUT2D eigenvalue weighted by molar-refractivity contribution is 5.70. The van der Waals surface area contributed by atoms with Crippen molar-refractivity contribution in [2.75, 3.05) is 0 Å². The molecule has 1 aromatic rings. The minimum Gasteiger partial charge on any atom is -0.444 e. The number of aliphatic hydroxyl groups is 1. The van der Waals surface area contributed by atoms with Crippen molar-refractivity contribution in [1.29, 1.82) is 0 Å². The van der Waals surface area contributed by atoms with E-state index in [9.17, 15) is 9.90 Å². The van der Waals surface area contributed by atoms with Crippen molar-refractivity contribution in [1.82, 2.24) is 4.90 Å². The van der Waals surface area contributed by atoms with Crippen LogP contribution in [0.2, 0.25) is 0 Å². The Hall–Kier alpha value is -1.55. The van der Waals surface area contributed by atoms with Crippen molar-refractivity contribution in [3.63, 3.8) is 0 Å². The first-order valence-corrected chi connectivity index (χ1v) is 8.90. The average molecular weight is 331 g/mol. The van der Waals surface area contributed by atoms with Gasteiger partial charge in [-0.15, -0.1) is 0 Å². The molecule has 2 unspecified atom stereocenters. The Morgan fingerprint density at radius 3 is 2.33 bits per heavy atom. The van der Waals surface area contributed by atoms with Gasteiger partial charge >= 0.3 is 6.09 Å². The quantitative estimate of drug-likeness (QED) is 0.844. The van der Waals surface area contributed by atoms with E-state index in [4.69, 9.17) is 4.74 Å². The molecule has 1 N–H and O–H groups in total. The molecule has 0 radical (unpaired) electrons. The molecule has 2 aliphatic heterocycles. The fourth-order valence-corrected chi connectivity index (χ4v) is 4.29. The summed E-state index contributed by atoms with van der Waals surface area (Å²) in [5.74, 6) is 0. The number of carbonyl (C=O) groups excluding carboxylic acids is 1. The molecule has 3 rings (SSSR count). The Morgan fingerprint density at radius 2 is 1.79 bits per heavy atom. The lowest BCUT2D eigenvalue weighted by atomic mass is 9.78. The zero-order valence-corrected chi connectivity index (χ0v) is 15.4. The fraction of sp³-hybridized carbons (Fsp3) is 0.650.